The van der Waals surface area contributed by atoms with E-state index in [4.69, 9.17) is 17.3 Å². The van der Waals surface area contributed by atoms with Crippen molar-refractivity contribution in [2.75, 3.05) is 0 Å². The minimum absolute atomic E-state index is 0.0293. The number of nitrogens with two attached hydrogens (primary N) is 1. The highest BCUT2D eigenvalue weighted by molar-refractivity contribution is 6.33. The molecule has 108 valence electrons. The smallest absolute Gasteiger partial charge is 0.316 e. The maximum atomic E-state index is 11.7. The molecular weight excluding hydrogens is 294 g/mol. The third-order valence-corrected chi connectivity index (χ3v) is 3.03. The first-order valence-electron chi connectivity index (χ1n) is 5.95. The minimum atomic E-state index is -0.829. The largest absolute Gasteiger partial charge is 0.508 e. The molecule has 0 unspecified atom stereocenters. The Hall–Kier alpha value is -2.60. The molecule has 21 heavy (non-hydrogen) atoms. The lowest BCUT2D eigenvalue weighted by molar-refractivity contribution is -0.111. The van der Waals surface area contributed by atoms with Crippen molar-refractivity contribution in [1.82, 2.24) is 5.32 Å². The zero-order valence-electron chi connectivity index (χ0n) is 11.1. The number of phenols is 1. The van der Waals surface area contributed by atoms with Crippen LogP contribution in [-0.4, -0.2) is 22.6 Å². The van der Waals surface area contributed by atoms with Crippen LogP contribution in [0.15, 0.2) is 46.6 Å². The maximum Gasteiger partial charge on any atom is 0.316 e. The van der Waals surface area contributed by atoms with Gasteiger partial charge in [0.05, 0.1) is 22.1 Å². The van der Waals surface area contributed by atoms with Crippen LogP contribution in [0.4, 0.5) is 10.5 Å². The summed E-state index contributed by atoms with van der Waals surface area (Å²) >= 11 is 5.98. The molecule has 0 saturated carbocycles. The van der Waals surface area contributed by atoms with Gasteiger partial charge in [-0.15, -0.1) is 0 Å². The summed E-state index contributed by atoms with van der Waals surface area (Å²) in [5.74, 6) is -0.330. The fraction of sp³-hybridized carbons (Fsp3) is 0.0714. The number of benzene rings is 1. The molecule has 0 heterocycles. The summed E-state index contributed by atoms with van der Waals surface area (Å²) in [6.07, 6.45) is 2.77. The van der Waals surface area contributed by atoms with Gasteiger partial charge in [0, 0.05) is 6.07 Å². The lowest BCUT2D eigenvalue weighted by atomic mass is 10.0. The Labute approximate surface area is 125 Å². The molecule has 4 N–H and O–H groups in total. The first-order chi connectivity index (χ1) is 9.86. The van der Waals surface area contributed by atoms with Crippen molar-refractivity contribution in [3.8, 4) is 5.75 Å². The Bertz CT molecular complexity index is 720. The molecule has 0 fully saturated rings. The monoisotopic (exact) mass is 305 g/mol. The van der Waals surface area contributed by atoms with Gasteiger partial charge in [0.15, 0.2) is 0 Å². The van der Waals surface area contributed by atoms with E-state index in [1.54, 1.807) is 13.0 Å². The van der Waals surface area contributed by atoms with E-state index in [9.17, 15) is 14.7 Å². The van der Waals surface area contributed by atoms with E-state index < -0.39 is 6.03 Å². The first kappa shape index (κ1) is 14.8. The lowest BCUT2D eigenvalue weighted by Crippen LogP contribution is -2.33. The highest BCUT2D eigenvalue weighted by atomic mass is 35.5. The third kappa shape index (κ3) is 3.49. The zero-order chi connectivity index (χ0) is 15.6. The third-order valence-electron chi connectivity index (χ3n) is 2.73. The summed E-state index contributed by atoms with van der Waals surface area (Å²) in [5, 5.41) is 11.8. The number of nitrogens with zero attached hydrogens (tertiary/aromatic N) is 1. The fourth-order valence-corrected chi connectivity index (χ4v) is 1.95. The molecule has 0 spiro atoms. The van der Waals surface area contributed by atoms with E-state index >= 15 is 0 Å². The van der Waals surface area contributed by atoms with Crippen LogP contribution in [-0.2, 0) is 4.79 Å². The Morgan fingerprint density at radius 1 is 1.38 bits per heavy atom. The number of allylic oxidation sites excluding steroid dienone is 3. The van der Waals surface area contributed by atoms with Crippen LogP contribution < -0.4 is 11.1 Å². The molecule has 2 rings (SSSR count). The Kier molecular flexibility index (Phi) is 4.09. The molecule has 1 aromatic rings. The molecule has 1 aliphatic rings. The van der Waals surface area contributed by atoms with Crippen LogP contribution in [0.5, 0.6) is 5.75 Å². The number of amides is 2. The number of aliphatic imine (C=N–C) groups is 1. The van der Waals surface area contributed by atoms with Crippen molar-refractivity contribution in [1.29, 1.82) is 0 Å². The van der Waals surface area contributed by atoms with Crippen molar-refractivity contribution < 1.29 is 14.7 Å². The normalized spacial score (nSPS) is 16.5. The highest BCUT2D eigenvalue weighted by Gasteiger charge is 2.17. The molecular formula is C14H12ClN3O3. The van der Waals surface area contributed by atoms with Gasteiger partial charge in [0.2, 0.25) is 5.78 Å². The van der Waals surface area contributed by atoms with E-state index in [-0.39, 0.29) is 22.3 Å². The Balaban J connectivity index is 2.43. The van der Waals surface area contributed by atoms with Gasteiger partial charge in [-0.1, -0.05) is 11.6 Å². The van der Waals surface area contributed by atoms with Gasteiger partial charge < -0.3 is 16.2 Å². The molecule has 0 aromatic heterocycles. The van der Waals surface area contributed by atoms with Crippen molar-refractivity contribution in [2.24, 2.45) is 10.7 Å². The summed E-state index contributed by atoms with van der Waals surface area (Å²) in [7, 11) is 0. The average molecular weight is 306 g/mol. The Morgan fingerprint density at radius 3 is 2.71 bits per heavy atom. The van der Waals surface area contributed by atoms with Crippen LogP contribution in [0.2, 0.25) is 5.02 Å². The first-order valence-corrected chi connectivity index (χ1v) is 6.33. The van der Waals surface area contributed by atoms with Gasteiger partial charge >= 0.3 is 6.03 Å². The van der Waals surface area contributed by atoms with E-state index in [0.717, 1.165) is 0 Å². The summed E-state index contributed by atoms with van der Waals surface area (Å²) in [4.78, 5) is 26.9. The van der Waals surface area contributed by atoms with Gasteiger partial charge in [-0.25, -0.2) is 9.79 Å². The molecule has 0 aliphatic heterocycles. The average Bonchev–Trinajstić information content (AvgIpc) is 2.37. The minimum Gasteiger partial charge on any atom is -0.508 e. The lowest BCUT2D eigenvalue weighted by Gasteiger charge is -2.13. The number of ketones is 1. The Morgan fingerprint density at radius 2 is 2.10 bits per heavy atom. The summed E-state index contributed by atoms with van der Waals surface area (Å²) in [6, 6.07) is 3.53. The number of halogens is 1. The number of aromatic hydroxyl groups is 1. The van der Waals surface area contributed by atoms with Crippen LogP contribution in [0.3, 0.4) is 0 Å². The van der Waals surface area contributed by atoms with Crippen LogP contribution >= 0.6 is 11.6 Å². The maximum absolute atomic E-state index is 11.7. The number of carbonyl (C=O) groups is 2. The number of primary amides is 1. The van der Waals surface area contributed by atoms with Crippen molar-refractivity contribution in [2.45, 2.75) is 6.92 Å². The van der Waals surface area contributed by atoms with Gasteiger partial charge in [0.25, 0.3) is 0 Å². The summed E-state index contributed by atoms with van der Waals surface area (Å²) < 4.78 is 0. The predicted molar refractivity (Wildman–Crippen MR) is 79.8 cm³/mol. The van der Waals surface area contributed by atoms with Crippen LogP contribution in [0, 0.1) is 0 Å². The van der Waals surface area contributed by atoms with Crippen LogP contribution in [0.25, 0.3) is 0 Å². The summed E-state index contributed by atoms with van der Waals surface area (Å²) in [5.41, 5.74) is 6.57. The second-order valence-corrected chi connectivity index (χ2v) is 4.78. The quantitative estimate of drug-likeness (QED) is 0.729. The van der Waals surface area contributed by atoms with Crippen molar-refractivity contribution in [3.63, 3.8) is 0 Å². The molecule has 0 saturated heterocycles. The molecule has 1 aromatic carbocycles. The zero-order valence-corrected chi connectivity index (χ0v) is 11.8. The second kappa shape index (κ2) is 5.80. The van der Waals surface area contributed by atoms with Crippen molar-refractivity contribution >= 4 is 34.8 Å². The van der Waals surface area contributed by atoms with E-state index in [2.05, 4.69) is 10.3 Å². The number of nitrogens with one attached hydrogen (secondary N) is 1. The highest BCUT2D eigenvalue weighted by Crippen LogP contribution is 2.29. The topological polar surface area (TPSA) is 105 Å². The molecule has 7 heteroatoms. The molecule has 0 atom stereocenters. The van der Waals surface area contributed by atoms with E-state index in [0.29, 0.717) is 17.0 Å². The number of phenolic OH excluding ortho intramolecular Hbond substituents is 1. The SMILES string of the molecule is CC1=CC(=O)C(NC(N)=O)=CC1=Nc1ccc(O)cc1Cl. The number of rotatable bonds is 2. The van der Waals surface area contributed by atoms with E-state index in [1.165, 1.54) is 24.3 Å². The number of hydrogen-bond donors (Lipinski definition) is 3. The van der Waals surface area contributed by atoms with Gasteiger partial charge in [-0.2, -0.15) is 0 Å². The molecule has 6 nitrogen and oxygen atoms in total. The summed E-state index contributed by atoms with van der Waals surface area (Å²) in [6.45, 7) is 1.71. The molecule has 0 bridgehead atoms. The predicted octanol–water partition coefficient (Wildman–Crippen LogP) is 2.20. The van der Waals surface area contributed by atoms with Crippen molar-refractivity contribution in [3.05, 3.63) is 46.6 Å². The fourth-order valence-electron chi connectivity index (χ4n) is 1.74. The molecule has 2 amide bonds. The van der Waals surface area contributed by atoms with Crippen LogP contribution in [0.1, 0.15) is 6.92 Å². The van der Waals surface area contributed by atoms with E-state index in [1.807, 2.05) is 0 Å². The van der Waals surface area contributed by atoms with Gasteiger partial charge in [-0.3, -0.25) is 4.79 Å². The molecule has 0 radical (unpaired) electrons. The second-order valence-electron chi connectivity index (χ2n) is 4.37. The number of carbonyl (C=O) groups excluding carboxylic acids is 2. The number of hydrogen-bond acceptors (Lipinski definition) is 4. The van der Waals surface area contributed by atoms with Gasteiger partial charge in [-0.05, 0) is 36.8 Å². The van der Waals surface area contributed by atoms with Gasteiger partial charge in [0.1, 0.15) is 5.75 Å². The molecule has 1 aliphatic carbocycles. The standard InChI is InChI=1S/C14H12ClN3O3/c1-7-4-13(20)12(18-14(16)21)6-11(7)17-10-3-2-8(19)5-9(10)15/h2-6,19H,1H3,(H3,16,18,21). The number of urea groups is 1.